The van der Waals surface area contributed by atoms with Crippen molar-refractivity contribution in [2.75, 3.05) is 39.4 Å². The molecular formula is C20H28N2O4. The molecule has 0 radical (unpaired) electrons. The third-order valence-corrected chi connectivity index (χ3v) is 5.70. The Bertz CT molecular complexity index is 626. The van der Waals surface area contributed by atoms with Crippen LogP contribution in [0.4, 0.5) is 0 Å². The summed E-state index contributed by atoms with van der Waals surface area (Å²) in [4.78, 5) is 17.0. The van der Waals surface area contributed by atoms with Crippen molar-refractivity contribution < 1.29 is 19.4 Å². The fourth-order valence-electron chi connectivity index (χ4n) is 4.23. The highest BCUT2D eigenvalue weighted by atomic mass is 16.5. The zero-order chi connectivity index (χ0) is 17.9. The minimum Gasteiger partial charge on any atom is -0.491 e. The minimum atomic E-state index is -0.462. The first-order valence-electron chi connectivity index (χ1n) is 9.76. The number of carbonyl (C=O) groups excluding carboxylic acids is 1. The van der Waals surface area contributed by atoms with Crippen molar-refractivity contribution in [1.29, 1.82) is 0 Å². The lowest BCUT2D eigenvalue weighted by Crippen LogP contribution is -2.41. The van der Waals surface area contributed by atoms with Gasteiger partial charge in [0.1, 0.15) is 12.4 Å². The van der Waals surface area contributed by atoms with Crippen LogP contribution in [0.25, 0.3) is 0 Å². The van der Waals surface area contributed by atoms with Crippen LogP contribution < -0.4 is 4.74 Å². The molecule has 6 nitrogen and oxygen atoms in total. The van der Waals surface area contributed by atoms with Crippen LogP contribution in [0.5, 0.6) is 5.75 Å². The second-order valence-corrected chi connectivity index (χ2v) is 7.56. The first-order chi connectivity index (χ1) is 12.7. The normalized spacial score (nSPS) is 29.4. The largest absolute Gasteiger partial charge is 0.491 e. The molecule has 26 heavy (non-hydrogen) atoms. The van der Waals surface area contributed by atoms with E-state index in [1.807, 2.05) is 18.2 Å². The molecule has 0 bridgehead atoms. The number of likely N-dealkylation sites (tertiary alicyclic amines) is 2. The summed E-state index contributed by atoms with van der Waals surface area (Å²) in [6.07, 6.45) is 4.17. The zero-order valence-corrected chi connectivity index (χ0v) is 15.2. The number of ether oxygens (including phenoxy) is 2. The van der Waals surface area contributed by atoms with Crippen LogP contribution in [0.2, 0.25) is 0 Å². The van der Waals surface area contributed by atoms with E-state index in [1.54, 1.807) is 11.0 Å². The molecule has 0 aromatic heterocycles. The molecule has 0 saturated carbocycles. The molecular weight excluding hydrogens is 332 g/mol. The van der Waals surface area contributed by atoms with Crippen molar-refractivity contribution in [3.8, 4) is 5.75 Å². The van der Waals surface area contributed by atoms with Crippen molar-refractivity contribution in [2.24, 2.45) is 0 Å². The molecule has 3 aliphatic rings. The Morgan fingerprint density at radius 3 is 2.85 bits per heavy atom. The maximum absolute atomic E-state index is 12.9. The summed E-state index contributed by atoms with van der Waals surface area (Å²) in [7, 11) is 0. The Morgan fingerprint density at radius 2 is 2.08 bits per heavy atom. The predicted molar refractivity (Wildman–Crippen MR) is 97.4 cm³/mol. The summed E-state index contributed by atoms with van der Waals surface area (Å²) in [6, 6.07) is 7.41. The lowest BCUT2D eigenvalue weighted by molar-refractivity contribution is 0.0677. The smallest absolute Gasteiger partial charge is 0.254 e. The summed E-state index contributed by atoms with van der Waals surface area (Å²) in [5.74, 6) is 0.663. The molecule has 3 saturated heterocycles. The highest BCUT2D eigenvalue weighted by molar-refractivity contribution is 5.94. The third-order valence-electron chi connectivity index (χ3n) is 5.70. The number of benzene rings is 1. The first kappa shape index (κ1) is 17.8. The highest BCUT2D eigenvalue weighted by Crippen LogP contribution is 2.24. The number of rotatable bonds is 5. The molecule has 0 unspecified atom stereocenters. The zero-order valence-electron chi connectivity index (χ0n) is 15.2. The molecule has 1 N–H and O–H groups in total. The van der Waals surface area contributed by atoms with Crippen molar-refractivity contribution in [2.45, 2.75) is 43.9 Å². The van der Waals surface area contributed by atoms with Crippen LogP contribution in [-0.4, -0.2) is 78.5 Å². The summed E-state index contributed by atoms with van der Waals surface area (Å²) >= 11 is 0. The standard InChI is InChI=1S/C20H28N2O4/c23-19-13-22(12-18(19)21-8-1-2-9-21)20(24)15-5-3-6-16(11-15)26-14-17-7-4-10-25-17/h3,5-6,11,17-19,23H,1-2,4,7-10,12-14H2/t17-,18+,19+/m0/s1. The van der Waals surface area contributed by atoms with Gasteiger partial charge in [-0.15, -0.1) is 0 Å². The summed E-state index contributed by atoms with van der Waals surface area (Å²) in [6.45, 7) is 4.38. The highest BCUT2D eigenvalue weighted by Gasteiger charge is 2.38. The van der Waals surface area contributed by atoms with Gasteiger partial charge in [-0.05, 0) is 57.0 Å². The minimum absolute atomic E-state index is 0.0340. The van der Waals surface area contributed by atoms with E-state index in [4.69, 9.17) is 9.47 Å². The maximum atomic E-state index is 12.9. The van der Waals surface area contributed by atoms with Gasteiger partial charge in [0, 0.05) is 25.3 Å². The Hall–Kier alpha value is -1.63. The van der Waals surface area contributed by atoms with Crippen molar-refractivity contribution in [3.63, 3.8) is 0 Å². The average molecular weight is 360 g/mol. The Morgan fingerprint density at radius 1 is 1.23 bits per heavy atom. The molecule has 0 aliphatic carbocycles. The molecule has 6 heteroatoms. The summed E-state index contributed by atoms with van der Waals surface area (Å²) in [5.41, 5.74) is 0.615. The topological polar surface area (TPSA) is 62.2 Å². The van der Waals surface area contributed by atoms with E-state index in [0.717, 1.165) is 32.5 Å². The van der Waals surface area contributed by atoms with Gasteiger partial charge >= 0.3 is 0 Å². The first-order valence-corrected chi connectivity index (χ1v) is 9.76. The molecule has 3 fully saturated rings. The van der Waals surface area contributed by atoms with Gasteiger partial charge < -0.3 is 19.5 Å². The fourth-order valence-corrected chi connectivity index (χ4v) is 4.23. The van der Waals surface area contributed by atoms with Crippen LogP contribution >= 0.6 is 0 Å². The van der Waals surface area contributed by atoms with E-state index >= 15 is 0 Å². The van der Waals surface area contributed by atoms with Gasteiger partial charge in [0.15, 0.2) is 0 Å². The lowest BCUT2D eigenvalue weighted by atomic mass is 10.2. The number of aliphatic hydroxyl groups is 1. The van der Waals surface area contributed by atoms with Crippen LogP contribution in [0.3, 0.4) is 0 Å². The van der Waals surface area contributed by atoms with E-state index in [-0.39, 0.29) is 18.1 Å². The van der Waals surface area contributed by atoms with Gasteiger partial charge in [0.2, 0.25) is 0 Å². The van der Waals surface area contributed by atoms with Gasteiger partial charge in [0.05, 0.1) is 18.2 Å². The molecule has 0 spiro atoms. The van der Waals surface area contributed by atoms with Crippen molar-refractivity contribution >= 4 is 5.91 Å². The Balaban J connectivity index is 1.37. The van der Waals surface area contributed by atoms with Gasteiger partial charge in [-0.25, -0.2) is 0 Å². The molecule has 1 aromatic rings. The SMILES string of the molecule is O=C(c1cccc(OC[C@@H]2CCCO2)c1)N1C[C@@H](O)[C@H](N2CCCC2)C1. The van der Waals surface area contributed by atoms with E-state index in [2.05, 4.69) is 4.90 Å². The molecule has 3 heterocycles. The number of carbonyl (C=O) groups is 1. The van der Waals surface area contributed by atoms with Gasteiger partial charge in [-0.1, -0.05) is 6.07 Å². The van der Waals surface area contributed by atoms with E-state index in [0.29, 0.717) is 31.0 Å². The van der Waals surface area contributed by atoms with E-state index in [1.165, 1.54) is 12.8 Å². The molecule has 3 atom stereocenters. The molecule has 1 amide bonds. The predicted octanol–water partition coefficient (Wildman–Crippen LogP) is 1.53. The number of aliphatic hydroxyl groups excluding tert-OH is 1. The van der Waals surface area contributed by atoms with Gasteiger partial charge in [0.25, 0.3) is 5.91 Å². The molecule has 4 rings (SSSR count). The number of amides is 1. The second kappa shape index (κ2) is 7.94. The van der Waals surface area contributed by atoms with Crippen LogP contribution in [0, 0.1) is 0 Å². The Labute approximate surface area is 154 Å². The molecule has 1 aromatic carbocycles. The van der Waals surface area contributed by atoms with Crippen LogP contribution in [0.1, 0.15) is 36.0 Å². The Kier molecular flexibility index (Phi) is 5.43. The number of β-amino-alcohol motifs (C(OH)–C–C–N with tert-alkyl or cyclic N) is 1. The monoisotopic (exact) mass is 360 g/mol. The van der Waals surface area contributed by atoms with Crippen molar-refractivity contribution in [3.05, 3.63) is 29.8 Å². The lowest BCUT2D eigenvalue weighted by Gasteiger charge is -2.25. The second-order valence-electron chi connectivity index (χ2n) is 7.56. The van der Waals surface area contributed by atoms with Gasteiger partial charge in [-0.2, -0.15) is 0 Å². The number of hydrogen-bond acceptors (Lipinski definition) is 5. The quantitative estimate of drug-likeness (QED) is 0.863. The third kappa shape index (κ3) is 3.87. The maximum Gasteiger partial charge on any atom is 0.254 e. The van der Waals surface area contributed by atoms with E-state index in [9.17, 15) is 9.90 Å². The summed E-state index contributed by atoms with van der Waals surface area (Å²) in [5, 5.41) is 10.4. The van der Waals surface area contributed by atoms with Crippen molar-refractivity contribution in [1.82, 2.24) is 9.80 Å². The number of hydrogen-bond donors (Lipinski definition) is 1. The van der Waals surface area contributed by atoms with E-state index < -0.39 is 6.10 Å². The van der Waals surface area contributed by atoms with Gasteiger partial charge in [-0.3, -0.25) is 9.69 Å². The molecule has 3 aliphatic heterocycles. The number of nitrogens with zero attached hydrogens (tertiary/aromatic N) is 2. The summed E-state index contributed by atoms with van der Waals surface area (Å²) < 4.78 is 11.4. The average Bonchev–Trinajstić information content (AvgIpc) is 3.41. The van der Waals surface area contributed by atoms with Crippen LogP contribution in [-0.2, 0) is 4.74 Å². The molecule has 142 valence electrons. The van der Waals surface area contributed by atoms with Crippen LogP contribution in [0.15, 0.2) is 24.3 Å². The fraction of sp³-hybridized carbons (Fsp3) is 0.650.